The molecule has 1 atom stereocenters. The van der Waals surface area contributed by atoms with Gasteiger partial charge in [-0.3, -0.25) is 0 Å². The third-order valence-corrected chi connectivity index (χ3v) is 3.36. The van der Waals surface area contributed by atoms with E-state index in [-0.39, 0.29) is 5.75 Å². The molecule has 1 aromatic carbocycles. The summed E-state index contributed by atoms with van der Waals surface area (Å²) >= 11 is 0. The molecule has 18 heavy (non-hydrogen) atoms. The molecule has 0 heterocycles. The zero-order valence-corrected chi connectivity index (χ0v) is 11.7. The summed E-state index contributed by atoms with van der Waals surface area (Å²) in [6.07, 6.45) is 1.17. The lowest BCUT2D eigenvalue weighted by atomic mass is 10.1. The third kappa shape index (κ3) is 4.19. The molecule has 1 rings (SSSR count). The molecule has 0 bridgehead atoms. The molecule has 2 N–H and O–H groups in total. The summed E-state index contributed by atoms with van der Waals surface area (Å²) in [5, 5.41) is 0. The number of methoxy groups -OCH3 is 1. The van der Waals surface area contributed by atoms with Crippen LogP contribution in [0.3, 0.4) is 0 Å². The van der Waals surface area contributed by atoms with Gasteiger partial charge in [-0.1, -0.05) is 6.07 Å². The summed E-state index contributed by atoms with van der Waals surface area (Å²) in [5.74, 6) is 1.08. The third-order valence-electron chi connectivity index (χ3n) is 2.40. The standard InChI is InChI=1S/C12H19NO4S/c1-4-17-12-7-9(5-6-11(12)16-2)10(13)8-18(3,14)15/h5-7,10H,4,8,13H2,1-3H3/t10-/m0/s1. The van der Waals surface area contributed by atoms with Crippen molar-refractivity contribution in [2.75, 3.05) is 25.7 Å². The van der Waals surface area contributed by atoms with Gasteiger partial charge in [0.2, 0.25) is 0 Å². The monoisotopic (exact) mass is 273 g/mol. The maximum absolute atomic E-state index is 11.2. The highest BCUT2D eigenvalue weighted by atomic mass is 32.2. The molecule has 0 unspecified atom stereocenters. The lowest BCUT2D eigenvalue weighted by Gasteiger charge is -2.15. The Morgan fingerprint density at radius 2 is 2.00 bits per heavy atom. The van der Waals surface area contributed by atoms with E-state index in [2.05, 4.69) is 0 Å². The Bertz CT molecular complexity index is 499. The Balaban J connectivity index is 3.00. The largest absolute Gasteiger partial charge is 0.493 e. The van der Waals surface area contributed by atoms with E-state index in [1.54, 1.807) is 25.3 Å². The van der Waals surface area contributed by atoms with Crippen molar-refractivity contribution in [1.29, 1.82) is 0 Å². The van der Waals surface area contributed by atoms with Gasteiger partial charge in [0.25, 0.3) is 0 Å². The fraction of sp³-hybridized carbons (Fsp3) is 0.500. The van der Waals surface area contributed by atoms with E-state index in [0.717, 1.165) is 0 Å². The van der Waals surface area contributed by atoms with Crippen molar-refractivity contribution in [3.63, 3.8) is 0 Å². The highest BCUT2D eigenvalue weighted by Gasteiger charge is 2.15. The van der Waals surface area contributed by atoms with Gasteiger partial charge in [0.15, 0.2) is 11.5 Å². The maximum Gasteiger partial charge on any atom is 0.161 e. The predicted octanol–water partition coefficient (Wildman–Crippen LogP) is 1.14. The van der Waals surface area contributed by atoms with E-state index >= 15 is 0 Å². The summed E-state index contributed by atoms with van der Waals surface area (Å²) in [7, 11) is -1.56. The SMILES string of the molecule is CCOc1cc([C@@H](N)CS(C)(=O)=O)ccc1OC. The molecule has 0 aliphatic rings. The molecule has 0 radical (unpaired) electrons. The normalized spacial score (nSPS) is 13.1. The van der Waals surface area contributed by atoms with E-state index in [0.29, 0.717) is 23.7 Å². The summed E-state index contributed by atoms with van der Waals surface area (Å²) in [6, 6.07) is 4.63. The van der Waals surface area contributed by atoms with E-state index in [4.69, 9.17) is 15.2 Å². The molecule has 102 valence electrons. The van der Waals surface area contributed by atoms with Crippen molar-refractivity contribution in [2.24, 2.45) is 5.73 Å². The predicted molar refractivity (Wildman–Crippen MR) is 70.8 cm³/mol. The first kappa shape index (κ1) is 14.8. The number of benzene rings is 1. The highest BCUT2D eigenvalue weighted by Crippen LogP contribution is 2.30. The lowest BCUT2D eigenvalue weighted by molar-refractivity contribution is 0.310. The number of nitrogens with two attached hydrogens (primary N) is 1. The second kappa shape index (κ2) is 6.06. The van der Waals surface area contributed by atoms with Gasteiger partial charge in [-0.15, -0.1) is 0 Å². The molecule has 0 saturated carbocycles. The Morgan fingerprint density at radius 1 is 1.33 bits per heavy atom. The Kier molecular flexibility index (Phi) is 4.98. The van der Waals surface area contributed by atoms with Gasteiger partial charge in [-0.25, -0.2) is 8.42 Å². The van der Waals surface area contributed by atoms with Crippen molar-refractivity contribution < 1.29 is 17.9 Å². The zero-order chi connectivity index (χ0) is 13.8. The van der Waals surface area contributed by atoms with Crippen LogP contribution in [0.5, 0.6) is 11.5 Å². The van der Waals surface area contributed by atoms with Crippen LogP contribution < -0.4 is 15.2 Å². The number of ether oxygens (including phenoxy) is 2. The summed E-state index contributed by atoms with van der Waals surface area (Å²) in [6.45, 7) is 2.36. The molecular formula is C12H19NO4S. The van der Waals surface area contributed by atoms with Crippen LogP contribution in [-0.4, -0.2) is 34.1 Å². The molecule has 0 aromatic heterocycles. The first-order valence-electron chi connectivity index (χ1n) is 5.61. The summed E-state index contributed by atoms with van der Waals surface area (Å²) in [5.41, 5.74) is 6.57. The molecule has 0 amide bonds. The number of sulfone groups is 1. The maximum atomic E-state index is 11.2. The van der Waals surface area contributed by atoms with Crippen molar-refractivity contribution in [3.05, 3.63) is 23.8 Å². The summed E-state index contributed by atoms with van der Waals surface area (Å²) in [4.78, 5) is 0. The average Bonchev–Trinajstić information content (AvgIpc) is 2.27. The number of hydrogen-bond donors (Lipinski definition) is 1. The lowest BCUT2D eigenvalue weighted by Crippen LogP contribution is -2.20. The smallest absolute Gasteiger partial charge is 0.161 e. The fourth-order valence-electron chi connectivity index (χ4n) is 1.61. The van der Waals surface area contributed by atoms with Gasteiger partial charge in [0, 0.05) is 12.3 Å². The van der Waals surface area contributed by atoms with E-state index < -0.39 is 15.9 Å². The van der Waals surface area contributed by atoms with E-state index in [1.807, 2.05) is 6.92 Å². The molecule has 5 nitrogen and oxygen atoms in total. The molecule has 0 spiro atoms. The number of rotatable bonds is 6. The zero-order valence-electron chi connectivity index (χ0n) is 10.8. The van der Waals surface area contributed by atoms with E-state index in [1.165, 1.54) is 6.26 Å². The molecule has 6 heteroatoms. The van der Waals surface area contributed by atoms with Crippen molar-refractivity contribution in [1.82, 2.24) is 0 Å². The second-order valence-corrected chi connectivity index (χ2v) is 6.23. The molecular weight excluding hydrogens is 254 g/mol. The van der Waals surface area contributed by atoms with Crippen molar-refractivity contribution in [2.45, 2.75) is 13.0 Å². The first-order valence-corrected chi connectivity index (χ1v) is 7.67. The van der Waals surface area contributed by atoms with Gasteiger partial charge >= 0.3 is 0 Å². The Hall–Kier alpha value is -1.27. The Morgan fingerprint density at radius 3 is 2.50 bits per heavy atom. The van der Waals surface area contributed by atoms with Crippen LogP contribution in [0.2, 0.25) is 0 Å². The summed E-state index contributed by atoms with van der Waals surface area (Å²) < 4.78 is 33.0. The van der Waals surface area contributed by atoms with E-state index in [9.17, 15) is 8.42 Å². The van der Waals surface area contributed by atoms with Gasteiger partial charge in [0.05, 0.1) is 19.5 Å². The van der Waals surface area contributed by atoms with Crippen molar-refractivity contribution >= 4 is 9.84 Å². The second-order valence-electron chi connectivity index (χ2n) is 4.04. The van der Waals surface area contributed by atoms with Crippen LogP contribution in [0.1, 0.15) is 18.5 Å². The van der Waals surface area contributed by atoms with Crippen LogP contribution in [0.4, 0.5) is 0 Å². The topological polar surface area (TPSA) is 78.6 Å². The van der Waals surface area contributed by atoms with Gasteiger partial charge < -0.3 is 15.2 Å². The average molecular weight is 273 g/mol. The fourth-order valence-corrected chi connectivity index (χ4v) is 2.46. The van der Waals surface area contributed by atoms with Crippen LogP contribution in [0.25, 0.3) is 0 Å². The van der Waals surface area contributed by atoms with Crippen LogP contribution in [0.15, 0.2) is 18.2 Å². The molecule has 0 aliphatic heterocycles. The van der Waals surface area contributed by atoms with Crippen LogP contribution in [-0.2, 0) is 9.84 Å². The minimum atomic E-state index is -3.11. The minimum absolute atomic E-state index is 0.0924. The molecule has 0 saturated heterocycles. The van der Waals surface area contributed by atoms with Gasteiger partial charge in [-0.05, 0) is 24.6 Å². The number of hydrogen-bond acceptors (Lipinski definition) is 5. The van der Waals surface area contributed by atoms with Crippen LogP contribution in [0, 0.1) is 0 Å². The van der Waals surface area contributed by atoms with Crippen LogP contribution >= 0.6 is 0 Å². The van der Waals surface area contributed by atoms with Gasteiger partial charge in [0.1, 0.15) is 9.84 Å². The van der Waals surface area contributed by atoms with Gasteiger partial charge in [-0.2, -0.15) is 0 Å². The molecule has 1 aromatic rings. The first-order chi connectivity index (χ1) is 8.37. The molecule has 0 fully saturated rings. The highest BCUT2D eigenvalue weighted by molar-refractivity contribution is 7.90. The molecule has 0 aliphatic carbocycles. The van der Waals surface area contributed by atoms with Crippen molar-refractivity contribution in [3.8, 4) is 11.5 Å². The minimum Gasteiger partial charge on any atom is -0.493 e. The Labute approximate surface area is 108 Å². The quantitative estimate of drug-likeness (QED) is 0.840.